The summed E-state index contributed by atoms with van der Waals surface area (Å²) in [6.07, 6.45) is 1.52. The predicted octanol–water partition coefficient (Wildman–Crippen LogP) is 1.72. The highest BCUT2D eigenvalue weighted by Crippen LogP contribution is 2.31. The third-order valence-electron chi connectivity index (χ3n) is 2.43. The molecular weight excluding hydrogens is 222 g/mol. The lowest BCUT2D eigenvalue weighted by Gasteiger charge is -2.05. The van der Waals surface area contributed by atoms with Gasteiger partial charge in [0.1, 0.15) is 0 Å². The van der Waals surface area contributed by atoms with Crippen LogP contribution < -0.4 is 4.74 Å². The molecule has 0 saturated heterocycles. The number of para-hydroxylation sites is 1. The highest BCUT2D eigenvalue weighted by Gasteiger charge is 2.22. The lowest BCUT2D eigenvalue weighted by atomic mass is 10.1. The van der Waals surface area contributed by atoms with Gasteiger partial charge >= 0.3 is 5.97 Å². The average Bonchev–Trinajstić information content (AvgIpc) is 2.63. The summed E-state index contributed by atoms with van der Waals surface area (Å²) in [6.45, 7) is 1.66. The molecule has 1 aromatic carbocycles. The minimum absolute atomic E-state index is 0.0185. The molecule has 0 radical (unpaired) electrons. The van der Waals surface area contributed by atoms with Crippen LogP contribution in [0.4, 0.5) is 0 Å². The van der Waals surface area contributed by atoms with Crippen molar-refractivity contribution in [1.29, 1.82) is 0 Å². The quantitative estimate of drug-likeness (QED) is 0.623. The van der Waals surface area contributed by atoms with Gasteiger partial charge in [-0.3, -0.25) is 0 Å². The minimum atomic E-state index is -0.523. The second-order valence-electron chi connectivity index (χ2n) is 3.51. The van der Waals surface area contributed by atoms with Crippen LogP contribution in [-0.4, -0.2) is 23.9 Å². The number of methoxy groups -OCH3 is 1. The number of rotatable bonds is 2. The first-order valence-electron chi connectivity index (χ1n) is 4.97. The van der Waals surface area contributed by atoms with Crippen molar-refractivity contribution in [2.45, 2.75) is 6.92 Å². The van der Waals surface area contributed by atoms with E-state index in [4.69, 9.17) is 4.74 Å². The number of carbonyl (C=O) groups excluding carboxylic acids is 1. The first-order valence-corrected chi connectivity index (χ1v) is 4.97. The van der Waals surface area contributed by atoms with Crippen molar-refractivity contribution in [2.24, 2.45) is 5.16 Å². The lowest BCUT2D eigenvalue weighted by molar-refractivity contribution is -0.136. The van der Waals surface area contributed by atoms with E-state index in [9.17, 15) is 9.90 Å². The third kappa shape index (κ3) is 1.99. The fourth-order valence-electron chi connectivity index (χ4n) is 1.50. The molecule has 5 heteroatoms. The molecule has 0 atom stereocenters. The predicted molar refractivity (Wildman–Crippen MR) is 61.8 cm³/mol. The van der Waals surface area contributed by atoms with Gasteiger partial charge in [-0.15, -0.1) is 0 Å². The maximum absolute atomic E-state index is 11.3. The number of phenols is 1. The van der Waals surface area contributed by atoms with E-state index in [0.29, 0.717) is 22.6 Å². The van der Waals surface area contributed by atoms with Crippen LogP contribution in [-0.2, 0) is 9.63 Å². The fourth-order valence-corrected chi connectivity index (χ4v) is 1.50. The molecule has 5 nitrogen and oxygen atoms in total. The van der Waals surface area contributed by atoms with Crippen LogP contribution in [0.15, 0.2) is 28.9 Å². The molecular formula is C12H11NO4. The molecule has 1 heterocycles. The Morgan fingerprint density at radius 2 is 2.24 bits per heavy atom. The second-order valence-corrected chi connectivity index (χ2v) is 3.51. The van der Waals surface area contributed by atoms with Gasteiger partial charge in [-0.2, -0.15) is 0 Å². The van der Waals surface area contributed by atoms with Crippen molar-refractivity contribution in [2.75, 3.05) is 7.11 Å². The van der Waals surface area contributed by atoms with Crippen molar-refractivity contribution in [1.82, 2.24) is 0 Å². The normalized spacial score (nSPS) is 16.9. The summed E-state index contributed by atoms with van der Waals surface area (Å²) in [7, 11) is 1.46. The topological polar surface area (TPSA) is 68.1 Å². The molecule has 0 unspecified atom stereocenters. The van der Waals surface area contributed by atoms with E-state index in [1.807, 2.05) is 0 Å². The summed E-state index contributed by atoms with van der Waals surface area (Å²) in [6, 6.07) is 5.02. The zero-order chi connectivity index (χ0) is 12.4. The second kappa shape index (κ2) is 4.29. The fraction of sp³-hybridized carbons (Fsp3) is 0.167. The van der Waals surface area contributed by atoms with Crippen LogP contribution in [0.5, 0.6) is 11.5 Å². The molecule has 0 aromatic heterocycles. The summed E-state index contributed by atoms with van der Waals surface area (Å²) in [5, 5.41) is 13.4. The number of oxime groups is 1. The summed E-state index contributed by atoms with van der Waals surface area (Å²) >= 11 is 0. The van der Waals surface area contributed by atoms with Crippen molar-refractivity contribution < 1.29 is 19.5 Å². The zero-order valence-corrected chi connectivity index (χ0v) is 9.43. The van der Waals surface area contributed by atoms with Gasteiger partial charge in [0.25, 0.3) is 0 Å². The van der Waals surface area contributed by atoms with Gasteiger partial charge in [0.15, 0.2) is 11.5 Å². The van der Waals surface area contributed by atoms with Crippen LogP contribution in [0.2, 0.25) is 0 Å². The van der Waals surface area contributed by atoms with Crippen molar-refractivity contribution >= 4 is 17.8 Å². The molecule has 0 fully saturated rings. The monoisotopic (exact) mass is 233 g/mol. The lowest BCUT2D eigenvalue weighted by Crippen LogP contribution is -2.01. The molecule has 1 aliphatic heterocycles. The Balaban J connectivity index is 2.46. The molecule has 0 aliphatic carbocycles. The van der Waals surface area contributed by atoms with Crippen LogP contribution in [0.3, 0.4) is 0 Å². The van der Waals surface area contributed by atoms with Gasteiger partial charge in [-0.05, 0) is 19.1 Å². The molecule has 0 saturated carbocycles. The number of hydrogen-bond acceptors (Lipinski definition) is 5. The first-order chi connectivity index (χ1) is 8.13. The Morgan fingerprint density at radius 1 is 1.47 bits per heavy atom. The van der Waals surface area contributed by atoms with E-state index in [1.165, 1.54) is 13.2 Å². The van der Waals surface area contributed by atoms with Crippen molar-refractivity contribution in [3.05, 3.63) is 29.3 Å². The smallest absolute Gasteiger partial charge is 0.367 e. The summed E-state index contributed by atoms with van der Waals surface area (Å²) < 4.78 is 4.98. The number of aromatic hydroxyl groups is 1. The number of phenolic OH excluding ortho intramolecular Hbond substituents is 1. The molecule has 1 aliphatic rings. The Kier molecular flexibility index (Phi) is 2.82. The third-order valence-corrected chi connectivity index (χ3v) is 2.43. The molecule has 1 aromatic rings. The van der Waals surface area contributed by atoms with E-state index in [1.54, 1.807) is 25.1 Å². The van der Waals surface area contributed by atoms with E-state index in [2.05, 4.69) is 9.99 Å². The summed E-state index contributed by atoms with van der Waals surface area (Å²) in [5.41, 5.74) is 1.29. The number of hydrogen-bond donors (Lipinski definition) is 1. The van der Waals surface area contributed by atoms with Crippen LogP contribution in [0.1, 0.15) is 12.5 Å². The molecule has 2 rings (SSSR count). The Hall–Kier alpha value is -2.30. The van der Waals surface area contributed by atoms with E-state index < -0.39 is 5.97 Å². The summed E-state index contributed by atoms with van der Waals surface area (Å²) in [5.74, 6) is -0.194. The largest absolute Gasteiger partial charge is 0.504 e. The molecule has 1 N–H and O–H groups in total. The van der Waals surface area contributed by atoms with Gasteiger partial charge in [-0.25, -0.2) is 4.79 Å². The molecule has 17 heavy (non-hydrogen) atoms. The molecule has 0 amide bonds. The standard InChI is InChI=1S/C12H11NO4/c1-7-9(12(15)17-13-7)6-8-4-3-5-10(16-2)11(8)14/h3-6,14H,1-2H3/b9-6+. The van der Waals surface area contributed by atoms with Crippen LogP contribution >= 0.6 is 0 Å². The highest BCUT2D eigenvalue weighted by atomic mass is 16.7. The Bertz CT molecular complexity index is 531. The average molecular weight is 233 g/mol. The Morgan fingerprint density at radius 3 is 2.82 bits per heavy atom. The maximum Gasteiger partial charge on any atom is 0.367 e. The maximum atomic E-state index is 11.3. The molecule has 0 spiro atoms. The van der Waals surface area contributed by atoms with Gasteiger partial charge < -0.3 is 14.7 Å². The van der Waals surface area contributed by atoms with Gasteiger partial charge in [-0.1, -0.05) is 17.3 Å². The number of ether oxygens (including phenoxy) is 1. The van der Waals surface area contributed by atoms with Gasteiger partial charge in [0.2, 0.25) is 0 Å². The van der Waals surface area contributed by atoms with Gasteiger partial charge in [0.05, 0.1) is 18.4 Å². The minimum Gasteiger partial charge on any atom is -0.504 e. The summed E-state index contributed by atoms with van der Waals surface area (Å²) in [4.78, 5) is 15.9. The molecule has 0 bridgehead atoms. The number of nitrogens with zero attached hydrogens (tertiary/aromatic N) is 1. The molecule has 88 valence electrons. The first kappa shape index (κ1) is 11.2. The number of carbonyl (C=O) groups is 1. The van der Waals surface area contributed by atoms with Crippen LogP contribution in [0, 0.1) is 0 Å². The highest BCUT2D eigenvalue weighted by molar-refractivity contribution is 6.24. The van der Waals surface area contributed by atoms with Crippen LogP contribution in [0.25, 0.3) is 6.08 Å². The number of benzene rings is 1. The van der Waals surface area contributed by atoms with Gasteiger partial charge in [0, 0.05) is 5.56 Å². The van der Waals surface area contributed by atoms with E-state index in [-0.39, 0.29) is 5.75 Å². The van der Waals surface area contributed by atoms with E-state index in [0.717, 1.165) is 0 Å². The van der Waals surface area contributed by atoms with Crippen molar-refractivity contribution in [3.8, 4) is 11.5 Å². The van der Waals surface area contributed by atoms with Crippen molar-refractivity contribution in [3.63, 3.8) is 0 Å². The van der Waals surface area contributed by atoms with E-state index >= 15 is 0 Å². The zero-order valence-electron chi connectivity index (χ0n) is 9.43. The SMILES string of the molecule is COc1cccc(/C=C2/C(=O)ON=C2C)c1O. The Labute approximate surface area is 98.0 Å².